The van der Waals surface area contributed by atoms with Crippen LogP contribution in [0.25, 0.3) is 0 Å². The molecule has 0 saturated heterocycles. The number of hydrogen-bond acceptors (Lipinski definition) is 5. The van der Waals surface area contributed by atoms with Crippen LogP contribution in [0.15, 0.2) is 0 Å². The quantitative estimate of drug-likeness (QED) is 0.540. The van der Waals surface area contributed by atoms with Crippen LogP contribution in [0, 0.1) is 5.41 Å². The van der Waals surface area contributed by atoms with Crippen LogP contribution < -0.4 is 0 Å². The maximum atomic E-state index is 11.4. The van der Waals surface area contributed by atoms with E-state index in [1.807, 2.05) is 20.8 Å². The first kappa shape index (κ1) is 14.3. The minimum atomic E-state index is -0.469. The van der Waals surface area contributed by atoms with Gasteiger partial charge in [-0.15, -0.1) is 0 Å². The SMILES string of the molecule is CCC(C)(C)C(=O)OCCOC(=O)SC. The molecule has 0 aromatic heterocycles. The van der Waals surface area contributed by atoms with Gasteiger partial charge in [0.1, 0.15) is 13.2 Å². The van der Waals surface area contributed by atoms with Gasteiger partial charge in [0.05, 0.1) is 5.41 Å². The van der Waals surface area contributed by atoms with Gasteiger partial charge in [-0.2, -0.15) is 0 Å². The highest BCUT2D eigenvalue weighted by Crippen LogP contribution is 2.21. The van der Waals surface area contributed by atoms with Gasteiger partial charge in [-0.3, -0.25) is 4.79 Å². The molecule has 15 heavy (non-hydrogen) atoms. The van der Waals surface area contributed by atoms with Gasteiger partial charge in [0.2, 0.25) is 0 Å². The number of carbonyl (C=O) groups excluding carboxylic acids is 2. The Morgan fingerprint density at radius 1 is 1.20 bits per heavy atom. The van der Waals surface area contributed by atoms with Crippen molar-refractivity contribution in [2.24, 2.45) is 5.41 Å². The molecule has 0 aliphatic rings. The van der Waals surface area contributed by atoms with Crippen LogP contribution >= 0.6 is 11.8 Å². The summed E-state index contributed by atoms with van der Waals surface area (Å²) in [6.07, 6.45) is 2.35. The molecule has 0 N–H and O–H groups in total. The predicted octanol–water partition coefficient (Wildman–Crippen LogP) is 2.47. The monoisotopic (exact) mass is 234 g/mol. The number of carbonyl (C=O) groups is 2. The average molecular weight is 234 g/mol. The summed E-state index contributed by atoms with van der Waals surface area (Å²) in [5.41, 5.74) is -0.469. The van der Waals surface area contributed by atoms with Crippen LogP contribution in [0.3, 0.4) is 0 Å². The summed E-state index contributed by atoms with van der Waals surface area (Å²) in [6, 6.07) is 0. The van der Waals surface area contributed by atoms with Crippen molar-refractivity contribution < 1.29 is 19.1 Å². The first-order valence-corrected chi connectivity index (χ1v) is 6.04. The van der Waals surface area contributed by atoms with E-state index in [1.54, 1.807) is 6.26 Å². The molecule has 0 unspecified atom stereocenters. The number of thioether (sulfide) groups is 1. The molecule has 0 heterocycles. The molecule has 0 amide bonds. The van der Waals surface area contributed by atoms with Crippen LogP contribution in [0.4, 0.5) is 4.79 Å². The molecule has 5 heteroatoms. The normalized spacial score (nSPS) is 10.9. The van der Waals surface area contributed by atoms with Crippen LogP contribution in [0.2, 0.25) is 0 Å². The molecule has 88 valence electrons. The van der Waals surface area contributed by atoms with Gasteiger partial charge in [0.15, 0.2) is 0 Å². The third kappa shape index (κ3) is 5.67. The standard InChI is InChI=1S/C10H18O4S/c1-5-10(2,3)8(11)13-6-7-14-9(12)15-4/h5-7H2,1-4H3. The average Bonchev–Trinajstić information content (AvgIpc) is 2.23. The van der Waals surface area contributed by atoms with E-state index in [9.17, 15) is 9.59 Å². The van der Waals surface area contributed by atoms with Crippen molar-refractivity contribution in [1.82, 2.24) is 0 Å². The van der Waals surface area contributed by atoms with E-state index in [-0.39, 0.29) is 24.5 Å². The lowest BCUT2D eigenvalue weighted by atomic mass is 9.91. The van der Waals surface area contributed by atoms with E-state index in [0.717, 1.165) is 18.2 Å². The van der Waals surface area contributed by atoms with Crippen LogP contribution in [-0.2, 0) is 14.3 Å². The molecular weight excluding hydrogens is 216 g/mol. The molecule has 0 bridgehead atoms. The second kappa shape index (κ2) is 6.71. The number of hydrogen-bond donors (Lipinski definition) is 0. The summed E-state index contributed by atoms with van der Waals surface area (Å²) in [5, 5.41) is -0.360. The van der Waals surface area contributed by atoms with Crippen LogP contribution in [-0.4, -0.2) is 30.7 Å². The fourth-order valence-electron chi connectivity index (χ4n) is 0.658. The predicted molar refractivity (Wildman–Crippen MR) is 59.9 cm³/mol. The molecule has 0 fully saturated rings. The highest BCUT2D eigenvalue weighted by atomic mass is 32.2. The minimum absolute atomic E-state index is 0.116. The lowest BCUT2D eigenvalue weighted by Crippen LogP contribution is -2.27. The molecule has 0 rings (SSSR count). The van der Waals surface area contributed by atoms with Crippen LogP contribution in [0.1, 0.15) is 27.2 Å². The molecule has 0 radical (unpaired) electrons. The summed E-state index contributed by atoms with van der Waals surface area (Å²) < 4.78 is 9.70. The number of ether oxygens (including phenoxy) is 2. The summed E-state index contributed by atoms with van der Waals surface area (Å²) in [6.45, 7) is 5.81. The van der Waals surface area contributed by atoms with Gasteiger partial charge in [0, 0.05) is 0 Å². The second-order valence-electron chi connectivity index (χ2n) is 3.68. The van der Waals surface area contributed by atoms with Crippen molar-refractivity contribution in [3.63, 3.8) is 0 Å². The third-order valence-electron chi connectivity index (χ3n) is 2.14. The van der Waals surface area contributed by atoms with Gasteiger partial charge in [-0.25, -0.2) is 4.79 Å². The lowest BCUT2D eigenvalue weighted by molar-refractivity contribution is -0.155. The van der Waals surface area contributed by atoms with Gasteiger partial charge >= 0.3 is 11.3 Å². The maximum Gasteiger partial charge on any atom is 0.367 e. The molecule has 0 atom stereocenters. The smallest absolute Gasteiger partial charge is 0.367 e. The van der Waals surface area contributed by atoms with E-state index in [0.29, 0.717) is 0 Å². The molecule has 0 aliphatic heterocycles. The zero-order valence-corrected chi connectivity index (χ0v) is 10.5. The molecular formula is C10H18O4S. The van der Waals surface area contributed by atoms with Gasteiger partial charge in [-0.05, 0) is 38.3 Å². The number of rotatable bonds is 5. The molecule has 0 aromatic carbocycles. The van der Waals surface area contributed by atoms with E-state index < -0.39 is 5.41 Å². The van der Waals surface area contributed by atoms with E-state index >= 15 is 0 Å². The molecule has 0 saturated carbocycles. The third-order valence-corrected chi connectivity index (χ3v) is 2.59. The van der Waals surface area contributed by atoms with Crippen molar-refractivity contribution in [3.8, 4) is 0 Å². The highest BCUT2D eigenvalue weighted by molar-refractivity contribution is 8.12. The Morgan fingerprint density at radius 3 is 2.20 bits per heavy atom. The largest absolute Gasteiger partial charge is 0.462 e. The van der Waals surface area contributed by atoms with Gasteiger partial charge in [-0.1, -0.05) is 6.92 Å². The van der Waals surface area contributed by atoms with Gasteiger partial charge in [0.25, 0.3) is 0 Å². The van der Waals surface area contributed by atoms with Crippen molar-refractivity contribution in [3.05, 3.63) is 0 Å². The molecule has 0 aliphatic carbocycles. The van der Waals surface area contributed by atoms with Crippen molar-refractivity contribution in [2.45, 2.75) is 27.2 Å². The zero-order valence-electron chi connectivity index (χ0n) is 9.66. The lowest BCUT2D eigenvalue weighted by Gasteiger charge is -2.20. The second-order valence-corrected chi connectivity index (χ2v) is 4.42. The Bertz CT molecular complexity index is 225. The first-order valence-electron chi connectivity index (χ1n) is 4.82. The van der Waals surface area contributed by atoms with Crippen molar-refractivity contribution in [1.29, 1.82) is 0 Å². The summed E-state index contributed by atoms with van der Waals surface area (Å²) >= 11 is 0.992. The minimum Gasteiger partial charge on any atom is -0.462 e. The summed E-state index contributed by atoms with van der Waals surface area (Å²) in [4.78, 5) is 22.2. The summed E-state index contributed by atoms with van der Waals surface area (Å²) in [7, 11) is 0. The van der Waals surface area contributed by atoms with Crippen molar-refractivity contribution >= 4 is 23.0 Å². The molecule has 4 nitrogen and oxygen atoms in total. The molecule has 0 spiro atoms. The summed E-state index contributed by atoms with van der Waals surface area (Å²) in [5.74, 6) is -0.259. The highest BCUT2D eigenvalue weighted by Gasteiger charge is 2.26. The zero-order chi connectivity index (χ0) is 11.9. The van der Waals surface area contributed by atoms with E-state index in [4.69, 9.17) is 9.47 Å². The van der Waals surface area contributed by atoms with Crippen molar-refractivity contribution in [2.75, 3.05) is 19.5 Å². The van der Waals surface area contributed by atoms with Crippen LogP contribution in [0.5, 0.6) is 0 Å². The Morgan fingerprint density at radius 2 is 1.73 bits per heavy atom. The fourth-order valence-corrected chi connectivity index (χ4v) is 0.859. The molecule has 0 aromatic rings. The Kier molecular flexibility index (Phi) is 6.40. The Balaban J connectivity index is 3.69. The maximum absolute atomic E-state index is 11.4. The van der Waals surface area contributed by atoms with E-state index in [2.05, 4.69) is 0 Å². The Hall–Kier alpha value is -0.710. The number of esters is 1. The topological polar surface area (TPSA) is 52.6 Å². The van der Waals surface area contributed by atoms with E-state index in [1.165, 1.54) is 0 Å². The first-order chi connectivity index (χ1) is 6.94. The fraction of sp³-hybridized carbons (Fsp3) is 0.800. The van der Waals surface area contributed by atoms with Gasteiger partial charge < -0.3 is 9.47 Å². The Labute approximate surface area is 94.7 Å².